The number of carbonyl (C=O) groups is 2. The lowest BCUT2D eigenvalue weighted by Gasteiger charge is -2.30. The average molecular weight is 269 g/mol. The molecular weight excluding hydrogens is 256 g/mol. The Morgan fingerprint density at radius 1 is 1.47 bits per heavy atom. The van der Waals surface area contributed by atoms with Crippen LogP contribution in [0.3, 0.4) is 0 Å². The van der Waals surface area contributed by atoms with E-state index in [-0.39, 0.29) is 6.42 Å². The highest BCUT2D eigenvalue weighted by Crippen LogP contribution is 2.27. The third kappa shape index (κ3) is 2.89. The van der Waals surface area contributed by atoms with Gasteiger partial charge in [-0.2, -0.15) is 5.06 Å². The normalized spacial score (nSPS) is 17.5. The first-order valence-electron chi connectivity index (χ1n) is 5.90. The molecular formula is C13H13F2NO3. The van der Waals surface area contributed by atoms with Gasteiger partial charge in [-0.3, -0.25) is 9.59 Å². The van der Waals surface area contributed by atoms with E-state index in [0.29, 0.717) is 30.4 Å². The van der Waals surface area contributed by atoms with Gasteiger partial charge in [0.2, 0.25) is 6.41 Å². The van der Waals surface area contributed by atoms with Crippen molar-refractivity contribution in [2.45, 2.75) is 32.2 Å². The molecule has 6 heteroatoms. The predicted octanol–water partition coefficient (Wildman–Crippen LogP) is 1.76. The standard InChI is InChI=1S/C13H13F2NO3/c1-8(18)19-16(7-17)11-2-3-12-9(5-11)4-10(14)6-13(12)15/h4,6-7,11H,2-3,5H2,1H3. The zero-order chi connectivity index (χ0) is 14.0. The molecule has 1 aromatic carbocycles. The monoisotopic (exact) mass is 269 g/mol. The van der Waals surface area contributed by atoms with E-state index in [1.807, 2.05) is 0 Å². The first-order chi connectivity index (χ1) is 9.01. The molecule has 1 atom stereocenters. The maximum atomic E-state index is 13.5. The zero-order valence-corrected chi connectivity index (χ0v) is 10.4. The summed E-state index contributed by atoms with van der Waals surface area (Å²) in [4.78, 5) is 26.5. The number of carbonyl (C=O) groups excluding carboxylic acids is 2. The summed E-state index contributed by atoms with van der Waals surface area (Å²) in [6.07, 6.45) is 1.50. The minimum Gasteiger partial charge on any atom is -0.338 e. The number of fused-ring (bicyclic) bond motifs is 1. The Hall–Kier alpha value is -1.98. The molecule has 0 spiro atoms. The Balaban J connectivity index is 2.21. The Kier molecular flexibility index (Phi) is 3.78. The number of hydrogen-bond donors (Lipinski definition) is 0. The molecule has 0 aliphatic heterocycles. The zero-order valence-electron chi connectivity index (χ0n) is 10.4. The maximum Gasteiger partial charge on any atom is 0.329 e. The van der Waals surface area contributed by atoms with E-state index >= 15 is 0 Å². The van der Waals surface area contributed by atoms with Gasteiger partial charge in [0.05, 0.1) is 6.04 Å². The third-order valence-electron chi connectivity index (χ3n) is 3.13. The molecule has 2 rings (SSSR count). The van der Waals surface area contributed by atoms with Crippen LogP contribution in [0.4, 0.5) is 8.78 Å². The summed E-state index contributed by atoms with van der Waals surface area (Å²) in [6.45, 7) is 1.19. The SMILES string of the molecule is CC(=O)ON(C=O)C1CCc2c(F)cc(F)cc2C1. The number of benzene rings is 1. The van der Waals surface area contributed by atoms with E-state index in [2.05, 4.69) is 0 Å². The Morgan fingerprint density at radius 3 is 2.84 bits per heavy atom. The molecule has 1 aliphatic carbocycles. The Labute approximate surface area is 108 Å². The molecule has 19 heavy (non-hydrogen) atoms. The van der Waals surface area contributed by atoms with Crippen LogP contribution in [0.15, 0.2) is 12.1 Å². The first kappa shape index (κ1) is 13.5. The van der Waals surface area contributed by atoms with Gasteiger partial charge in [0, 0.05) is 13.0 Å². The molecule has 102 valence electrons. The topological polar surface area (TPSA) is 46.6 Å². The van der Waals surface area contributed by atoms with E-state index in [9.17, 15) is 18.4 Å². The van der Waals surface area contributed by atoms with Crippen LogP contribution < -0.4 is 0 Å². The fourth-order valence-electron chi connectivity index (χ4n) is 2.33. The van der Waals surface area contributed by atoms with Gasteiger partial charge in [-0.15, -0.1) is 0 Å². The van der Waals surface area contributed by atoms with Gasteiger partial charge >= 0.3 is 5.97 Å². The lowest BCUT2D eigenvalue weighted by atomic mass is 9.88. The summed E-state index contributed by atoms with van der Waals surface area (Å²) in [5, 5.41) is 0.911. The molecule has 1 unspecified atom stereocenters. The van der Waals surface area contributed by atoms with E-state index in [0.717, 1.165) is 11.1 Å². The van der Waals surface area contributed by atoms with Crippen molar-refractivity contribution < 1.29 is 23.2 Å². The second kappa shape index (κ2) is 5.34. The van der Waals surface area contributed by atoms with E-state index in [1.165, 1.54) is 13.0 Å². The lowest BCUT2D eigenvalue weighted by molar-refractivity contribution is -0.198. The van der Waals surface area contributed by atoms with Crippen molar-refractivity contribution in [2.75, 3.05) is 0 Å². The summed E-state index contributed by atoms with van der Waals surface area (Å²) in [6, 6.07) is 1.71. The Morgan fingerprint density at radius 2 is 2.21 bits per heavy atom. The number of amides is 1. The van der Waals surface area contributed by atoms with E-state index in [1.54, 1.807) is 0 Å². The molecule has 0 saturated carbocycles. The second-order valence-corrected chi connectivity index (χ2v) is 4.47. The van der Waals surface area contributed by atoms with Gasteiger partial charge in [-0.1, -0.05) is 0 Å². The van der Waals surface area contributed by atoms with E-state index < -0.39 is 23.6 Å². The number of hydroxylamine groups is 2. The molecule has 0 radical (unpaired) electrons. The largest absolute Gasteiger partial charge is 0.338 e. The first-order valence-corrected chi connectivity index (χ1v) is 5.90. The minimum atomic E-state index is -0.651. The highest BCUT2D eigenvalue weighted by atomic mass is 19.1. The number of nitrogens with zero attached hydrogens (tertiary/aromatic N) is 1. The molecule has 0 N–H and O–H groups in total. The third-order valence-corrected chi connectivity index (χ3v) is 3.13. The molecule has 4 nitrogen and oxygen atoms in total. The van der Waals surface area contributed by atoms with Crippen LogP contribution in [0, 0.1) is 11.6 Å². The van der Waals surface area contributed by atoms with Crippen molar-refractivity contribution in [3.63, 3.8) is 0 Å². The molecule has 0 saturated heterocycles. The molecule has 0 fully saturated rings. The van der Waals surface area contributed by atoms with Crippen LogP contribution in [-0.4, -0.2) is 23.5 Å². The molecule has 1 aliphatic rings. The van der Waals surface area contributed by atoms with Gasteiger partial charge < -0.3 is 4.84 Å². The summed E-state index contributed by atoms with van der Waals surface area (Å²) in [7, 11) is 0. The van der Waals surface area contributed by atoms with Crippen LogP contribution in [0.5, 0.6) is 0 Å². The van der Waals surface area contributed by atoms with Crippen molar-refractivity contribution in [3.05, 3.63) is 34.9 Å². The second-order valence-electron chi connectivity index (χ2n) is 4.47. The van der Waals surface area contributed by atoms with Crippen molar-refractivity contribution in [2.24, 2.45) is 0 Å². The minimum absolute atomic E-state index is 0.260. The molecule has 0 bridgehead atoms. The van der Waals surface area contributed by atoms with Crippen LogP contribution in [0.1, 0.15) is 24.5 Å². The van der Waals surface area contributed by atoms with Gasteiger partial charge in [0.15, 0.2) is 0 Å². The molecule has 0 heterocycles. The lowest BCUT2D eigenvalue weighted by Crippen LogP contribution is -2.39. The molecule has 1 aromatic rings. The number of halogens is 2. The van der Waals surface area contributed by atoms with Gasteiger partial charge in [-0.05, 0) is 36.5 Å². The molecule has 0 aromatic heterocycles. The summed E-state index contributed by atoms with van der Waals surface area (Å²) < 4.78 is 26.7. The predicted molar refractivity (Wildman–Crippen MR) is 61.8 cm³/mol. The summed E-state index contributed by atoms with van der Waals surface area (Å²) >= 11 is 0. The maximum absolute atomic E-state index is 13.5. The quantitative estimate of drug-likeness (QED) is 0.620. The number of rotatable bonds is 3. The van der Waals surface area contributed by atoms with Crippen LogP contribution in [0.25, 0.3) is 0 Å². The average Bonchev–Trinajstić information content (AvgIpc) is 2.34. The summed E-state index contributed by atoms with van der Waals surface area (Å²) in [5.74, 6) is -1.83. The van der Waals surface area contributed by atoms with Gasteiger partial charge in [0.1, 0.15) is 11.6 Å². The summed E-state index contributed by atoms with van der Waals surface area (Å²) in [5.41, 5.74) is 0.971. The van der Waals surface area contributed by atoms with Crippen LogP contribution >= 0.6 is 0 Å². The fourth-order valence-corrected chi connectivity index (χ4v) is 2.33. The highest BCUT2D eigenvalue weighted by Gasteiger charge is 2.27. The van der Waals surface area contributed by atoms with Crippen molar-refractivity contribution in [1.29, 1.82) is 0 Å². The van der Waals surface area contributed by atoms with Crippen LogP contribution in [-0.2, 0) is 27.3 Å². The highest BCUT2D eigenvalue weighted by molar-refractivity contribution is 5.67. The number of hydrogen-bond acceptors (Lipinski definition) is 3. The van der Waals surface area contributed by atoms with Crippen molar-refractivity contribution in [3.8, 4) is 0 Å². The smallest absolute Gasteiger partial charge is 0.329 e. The van der Waals surface area contributed by atoms with Gasteiger partial charge in [0.25, 0.3) is 0 Å². The Bertz CT molecular complexity index is 519. The van der Waals surface area contributed by atoms with Gasteiger partial charge in [-0.25, -0.2) is 8.78 Å². The van der Waals surface area contributed by atoms with E-state index in [4.69, 9.17) is 4.84 Å². The fraction of sp³-hybridized carbons (Fsp3) is 0.385. The van der Waals surface area contributed by atoms with Crippen LogP contribution in [0.2, 0.25) is 0 Å². The van der Waals surface area contributed by atoms with Crippen molar-refractivity contribution in [1.82, 2.24) is 5.06 Å². The van der Waals surface area contributed by atoms with Crippen molar-refractivity contribution >= 4 is 12.4 Å². The molecule has 1 amide bonds.